The van der Waals surface area contributed by atoms with E-state index < -0.39 is 0 Å². The van der Waals surface area contributed by atoms with Crippen LogP contribution in [0.4, 0.5) is 0 Å². The van der Waals surface area contributed by atoms with E-state index in [1.807, 2.05) is 0 Å². The zero-order valence-corrected chi connectivity index (χ0v) is 22.4. The molecule has 0 aliphatic heterocycles. The minimum absolute atomic E-state index is 0.0718. The second-order valence-electron chi connectivity index (χ2n) is 15.2. The highest BCUT2D eigenvalue weighted by Gasteiger charge is 2.71. The molecule has 11 atom stereocenters. The van der Waals surface area contributed by atoms with Crippen LogP contribution in [0.1, 0.15) is 113 Å². The van der Waals surface area contributed by atoms with E-state index in [9.17, 15) is 10.2 Å². The van der Waals surface area contributed by atoms with Crippen LogP contribution in [0.5, 0.6) is 0 Å². The average molecular weight is 445 g/mol. The quantitative estimate of drug-likeness (QED) is 0.454. The molecule has 2 N–H and O–H groups in total. The molecule has 0 aromatic carbocycles. The second-order valence-corrected chi connectivity index (χ2v) is 15.2. The summed E-state index contributed by atoms with van der Waals surface area (Å²) in [5.41, 5.74) is 1.06. The fourth-order valence-electron chi connectivity index (χ4n) is 11.7. The molecule has 5 aliphatic carbocycles. The largest absolute Gasteiger partial charge is 0.392 e. The van der Waals surface area contributed by atoms with Crippen molar-refractivity contribution in [3.8, 4) is 0 Å². The average Bonchev–Trinajstić information content (AvgIpc) is 3.05. The lowest BCUT2D eigenvalue weighted by Gasteiger charge is -2.73. The van der Waals surface area contributed by atoms with Crippen LogP contribution in [0.15, 0.2) is 0 Å². The van der Waals surface area contributed by atoms with Crippen molar-refractivity contribution in [1.29, 1.82) is 0 Å². The Hall–Kier alpha value is -0.0800. The van der Waals surface area contributed by atoms with Crippen LogP contribution in [-0.4, -0.2) is 22.4 Å². The first-order valence-corrected chi connectivity index (χ1v) is 14.1. The standard InChI is InChI=1S/C30H52O2/c1-18(2)19-11-13-27(5)15-16-28(6)20(25(19)27)9-10-22-29(28,7)14-12-21-26(3,4)23(31)17-24(32)30(21,22)8/h18-25,31-32H,9-17H2,1-8H3/t19-,20+,21-,22-,23-,24+,25+,27+,28+,29+,30-/m0/s1. The van der Waals surface area contributed by atoms with Gasteiger partial charge in [-0.25, -0.2) is 0 Å². The van der Waals surface area contributed by atoms with Gasteiger partial charge in [0.1, 0.15) is 0 Å². The minimum Gasteiger partial charge on any atom is -0.392 e. The van der Waals surface area contributed by atoms with Gasteiger partial charge in [-0.05, 0) is 109 Å². The summed E-state index contributed by atoms with van der Waals surface area (Å²) in [6, 6.07) is 0. The van der Waals surface area contributed by atoms with Crippen LogP contribution in [0.25, 0.3) is 0 Å². The molecule has 184 valence electrons. The van der Waals surface area contributed by atoms with Crippen molar-refractivity contribution in [3.63, 3.8) is 0 Å². The van der Waals surface area contributed by atoms with Crippen LogP contribution in [0, 0.1) is 62.6 Å². The smallest absolute Gasteiger partial charge is 0.0624 e. The van der Waals surface area contributed by atoms with Crippen LogP contribution >= 0.6 is 0 Å². The van der Waals surface area contributed by atoms with Gasteiger partial charge in [0.2, 0.25) is 0 Å². The van der Waals surface area contributed by atoms with E-state index in [1.165, 1.54) is 51.4 Å². The van der Waals surface area contributed by atoms with E-state index in [4.69, 9.17) is 0 Å². The molecule has 0 saturated heterocycles. The first-order chi connectivity index (χ1) is 14.7. The molecule has 5 aliphatic rings. The van der Waals surface area contributed by atoms with Crippen molar-refractivity contribution in [2.75, 3.05) is 0 Å². The van der Waals surface area contributed by atoms with E-state index in [0.717, 1.165) is 23.7 Å². The van der Waals surface area contributed by atoms with Crippen LogP contribution in [-0.2, 0) is 0 Å². The van der Waals surface area contributed by atoms with E-state index in [2.05, 4.69) is 55.4 Å². The van der Waals surface area contributed by atoms with Gasteiger partial charge in [0, 0.05) is 11.8 Å². The van der Waals surface area contributed by atoms with Crippen LogP contribution < -0.4 is 0 Å². The third-order valence-electron chi connectivity index (χ3n) is 13.9. The number of aliphatic hydroxyl groups is 2. The van der Waals surface area contributed by atoms with Gasteiger partial charge in [-0.15, -0.1) is 0 Å². The van der Waals surface area contributed by atoms with E-state index in [-0.39, 0.29) is 23.0 Å². The first-order valence-electron chi connectivity index (χ1n) is 14.1. The molecule has 0 bridgehead atoms. The summed E-state index contributed by atoms with van der Waals surface area (Å²) >= 11 is 0. The van der Waals surface area contributed by atoms with Gasteiger partial charge in [0.05, 0.1) is 12.2 Å². The fraction of sp³-hybridized carbons (Fsp3) is 1.00. The zero-order valence-electron chi connectivity index (χ0n) is 22.4. The molecule has 32 heavy (non-hydrogen) atoms. The molecule has 0 unspecified atom stereocenters. The van der Waals surface area contributed by atoms with Crippen LogP contribution in [0.3, 0.4) is 0 Å². The maximum absolute atomic E-state index is 11.5. The summed E-state index contributed by atoms with van der Waals surface area (Å²) in [6.45, 7) is 19.9. The zero-order chi connectivity index (χ0) is 23.5. The minimum atomic E-state index is -0.382. The van der Waals surface area contributed by atoms with Gasteiger partial charge < -0.3 is 10.2 Å². The van der Waals surface area contributed by atoms with Gasteiger partial charge in [0.15, 0.2) is 0 Å². The van der Waals surface area contributed by atoms with Crippen molar-refractivity contribution < 1.29 is 10.2 Å². The number of fused-ring (bicyclic) bond motifs is 7. The molecular formula is C30H52O2. The van der Waals surface area contributed by atoms with Crippen LogP contribution in [0.2, 0.25) is 0 Å². The van der Waals surface area contributed by atoms with Crippen molar-refractivity contribution >= 4 is 0 Å². The van der Waals surface area contributed by atoms with Crippen molar-refractivity contribution in [2.24, 2.45) is 62.6 Å². The lowest BCUT2D eigenvalue weighted by atomic mass is 9.32. The Morgan fingerprint density at radius 1 is 0.688 bits per heavy atom. The molecule has 2 nitrogen and oxygen atoms in total. The van der Waals surface area contributed by atoms with E-state index in [0.29, 0.717) is 34.5 Å². The number of hydrogen-bond donors (Lipinski definition) is 2. The Bertz CT molecular complexity index is 758. The number of hydrogen-bond acceptors (Lipinski definition) is 2. The third-order valence-corrected chi connectivity index (χ3v) is 13.9. The van der Waals surface area contributed by atoms with Gasteiger partial charge in [0.25, 0.3) is 0 Å². The summed E-state index contributed by atoms with van der Waals surface area (Å²) in [4.78, 5) is 0. The fourth-order valence-corrected chi connectivity index (χ4v) is 11.7. The van der Waals surface area contributed by atoms with Gasteiger partial charge >= 0.3 is 0 Å². The Balaban J connectivity index is 1.56. The summed E-state index contributed by atoms with van der Waals surface area (Å²) in [7, 11) is 0. The van der Waals surface area contributed by atoms with Crippen molar-refractivity contribution in [1.82, 2.24) is 0 Å². The summed E-state index contributed by atoms with van der Waals surface area (Å²) < 4.78 is 0. The molecule has 0 aromatic heterocycles. The molecule has 0 heterocycles. The normalized spacial score (nSPS) is 59.2. The molecule has 5 saturated carbocycles. The highest BCUT2D eigenvalue weighted by molar-refractivity contribution is 5.20. The molecule has 5 fully saturated rings. The monoisotopic (exact) mass is 444 g/mol. The summed E-state index contributed by atoms with van der Waals surface area (Å²) in [5.74, 6) is 4.41. The third kappa shape index (κ3) is 2.66. The molecule has 0 amide bonds. The van der Waals surface area contributed by atoms with E-state index in [1.54, 1.807) is 0 Å². The second kappa shape index (κ2) is 6.99. The lowest BCUT2D eigenvalue weighted by Crippen LogP contribution is -2.69. The highest BCUT2D eigenvalue weighted by Crippen LogP contribution is 2.77. The molecule has 0 aromatic rings. The topological polar surface area (TPSA) is 40.5 Å². The SMILES string of the molecule is CC(C)[C@@H]1CC[C@]2(C)CC[C@]3(C)[C@H](CC[C@@H]4[C@@]5(C)[C@H](O)C[C@H](O)C(C)(C)[C@@H]5CC[C@]43C)[C@@H]12. The van der Waals surface area contributed by atoms with Gasteiger partial charge in [-0.3, -0.25) is 0 Å². The predicted molar refractivity (Wildman–Crippen MR) is 132 cm³/mol. The van der Waals surface area contributed by atoms with Crippen molar-refractivity contribution in [3.05, 3.63) is 0 Å². The number of aliphatic hydroxyl groups excluding tert-OH is 2. The summed E-state index contributed by atoms with van der Waals surface area (Å²) in [5, 5.41) is 22.5. The van der Waals surface area contributed by atoms with Gasteiger partial charge in [-0.2, -0.15) is 0 Å². The van der Waals surface area contributed by atoms with Gasteiger partial charge in [-0.1, -0.05) is 55.4 Å². The van der Waals surface area contributed by atoms with E-state index >= 15 is 0 Å². The molecule has 5 rings (SSSR count). The molecule has 2 heteroatoms. The predicted octanol–water partition coefficient (Wildman–Crippen LogP) is 7.08. The maximum atomic E-state index is 11.5. The Kier molecular flexibility index (Phi) is 5.17. The highest BCUT2D eigenvalue weighted by atomic mass is 16.3. The molecule has 0 radical (unpaired) electrons. The van der Waals surface area contributed by atoms with Crippen molar-refractivity contribution in [2.45, 2.75) is 125 Å². The Labute approximate surface area is 198 Å². The number of rotatable bonds is 1. The molecule has 0 spiro atoms. The Morgan fingerprint density at radius 3 is 2.03 bits per heavy atom. The Morgan fingerprint density at radius 2 is 1.38 bits per heavy atom. The first kappa shape index (κ1) is 23.7. The summed E-state index contributed by atoms with van der Waals surface area (Å²) in [6.07, 6.45) is 10.6. The lowest BCUT2D eigenvalue weighted by molar-refractivity contribution is -0.274. The molecular weight excluding hydrogens is 392 g/mol. The maximum Gasteiger partial charge on any atom is 0.0624 e.